The average molecular weight is 163 g/mol. The largest absolute Gasteiger partial charge is 0.229 e. The summed E-state index contributed by atoms with van der Waals surface area (Å²) in [4.78, 5) is 0. The zero-order valence-corrected chi connectivity index (χ0v) is 7.45. The van der Waals surface area contributed by atoms with E-state index in [9.17, 15) is 8.42 Å². The lowest BCUT2D eigenvalue weighted by Crippen LogP contribution is -2.17. The summed E-state index contributed by atoms with van der Waals surface area (Å²) in [7, 11) is -2.87. The molecule has 0 bridgehead atoms. The van der Waals surface area contributed by atoms with Gasteiger partial charge in [0.15, 0.2) is 9.84 Å². The highest BCUT2D eigenvalue weighted by Crippen LogP contribution is 2.03. The van der Waals surface area contributed by atoms with Crippen LogP contribution in [0.25, 0.3) is 0 Å². The van der Waals surface area contributed by atoms with Crippen LogP contribution >= 0.6 is 0 Å². The molecular formula is C7H15O2S. The molecule has 3 heteroatoms. The second-order valence-corrected chi connectivity index (χ2v) is 5.07. The Balaban J connectivity index is 3.90. The van der Waals surface area contributed by atoms with Gasteiger partial charge in [0.25, 0.3) is 0 Å². The number of rotatable bonds is 4. The Kier molecular flexibility index (Phi) is 3.94. The van der Waals surface area contributed by atoms with Crippen molar-refractivity contribution in [3.05, 3.63) is 6.92 Å². The SMILES string of the molecule is [CH2]C(C)S(=O)(=O)CCCC. The van der Waals surface area contributed by atoms with Crippen LogP contribution in [0, 0.1) is 6.92 Å². The first-order valence-electron chi connectivity index (χ1n) is 3.55. The van der Waals surface area contributed by atoms with Gasteiger partial charge < -0.3 is 0 Å². The third-order valence-electron chi connectivity index (χ3n) is 1.40. The second-order valence-electron chi connectivity index (χ2n) is 2.53. The number of hydrogen-bond acceptors (Lipinski definition) is 2. The zero-order chi connectivity index (χ0) is 8.20. The van der Waals surface area contributed by atoms with E-state index in [0.29, 0.717) is 0 Å². The topological polar surface area (TPSA) is 34.1 Å². The number of unbranched alkanes of at least 4 members (excludes halogenated alkanes) is 1. The predicted molar refractivity (Wildman–Crippen MR) is 43.5 cm³/mol. The fourth-order valence-corrected chi connectivity index (χ4v) is 1.64. The van der Waals surface area contributed by atoms with Crippen molar-refractivity contribution < 1.29 is 8.42 Å². The van der Waals surface area contributed by atoms with Crippen LogP contribution in [0.4, 0.5) is 0 Å². The van der Waals surface area contributed by atoms with Crippen LogP contribution in [0.3, 0.4) is 0 Å². The summed E-state index contributed by atoms with van der Waals surface area (Å²) in [5.74, 6) is 0.286. The lowest BCUT2D eigenvalue weighted by Gasteiger charge is -2.04. The van der Waals surface area contributed by atoms with Gasteiger partial charge in [-0.15, -0.1) is 0 Å². The van der Waals surface area contributed by atoms with Gasteiger partial charge in [0, 0.05) is 0 Å². The van der Waals surface area contributed by atoms with Crippen molar-refractivity contribution in [2.45, 2.75) is 31.9 Å². The fourth-order valence-electron chi connectivity index (χ4n) is 0.547. The molecule has 1 radical (unpaired) electrons. The number of sulfone groups is 1. The van der Waals surface area contributed by atoms with Gasteiger partial charge in [0.2, 0.25) is 0 Å². The molecule has 0 N–H and O–H groups in total. The van der Waals surface area contributed by atoms with Gasteiger partial charge in [-0.2, -0.15) is 0 Å². The van der Waals surface area contributed by atoms with E-state index in [1.165, 1.54) is 0 Å². The Morgan fingerprint density at radius 2 is 2.00 bits per heavy atom. The van der Waals surface area contributed by atoms with Crippen LogP contribution in [0.1, 0.15) is 26.7 Å². The van der Waals surface area contributed by atoms with E-state index in [1.54, 1.807) is 6.92 Å². The molecule has 0 saturated carbocycles. The van der Waals surface area contributed by atoms with Crippen molar-refractivity contribution in [1.82, 2.24) is 0 Å². The summed E-state index contributed by atoms with van der Waals surface area (Å²) in [6.45, 7) is 7.07. The van der Waals surface area contributed by atoms with Crippen molar-refractivity contribution >= 4 is 9.84 Å². The molecule has 0 aromatic carbocycles. The summed E-state index contributed by atoms with van der Waals surface area (Å²) < 4.78 is 22.1. The van der Waals surface area contributed by atoms with Crippen LogP contribution < -0.4 is 0 Å². The maximum absolute atomic E-state index is 11.0. The van der Waals surface area contributed by atoms with Crippen molar-refractivity contribution in [2.75, 3.05) is 5.75 Å². The monoisotopic (exact) mass is 163 g/mol. The molecular weight excluding hydrogens is 148 g/mol. The average Bonchev–Trinajstić information content (AvgIpc) is 1.84. The van der Waals surface area contributed by atoms with E-state index in [0.717, 1.165) is 12.8 Å². The van der Waals surface area contributed by atoms with Crippen LogP contribution in [-0.4, -0.2) is 19.4 Å². The Bertz CT molecular complexity index is 168. The smallest absolute Gasteiger partial charge is 0.152 e. The molecule has 0 aliphatic rings. The molecule has 0 heterocycles. The lowest BCUT2D eigenvalue weighted by molar-refractivity contribution is 0.587. The molecule has 61 valence electrons. The van der Waals surface area contributed by atoms with Crippen molar-refractivity contribution in [1.29, 1.82) is 0 Å². The molecule has 0 rings (SSSR count). The summed E-state index contributed by atoms with van der Waals surface area (Å²) in [5.41, 5.74) is 0. The molecule has 0 aromatic rings. The fraction of sp³-hybridized carbons (Fsp3) is 0.857. The highest BCUT2D eigenvalue weighted by atomic mass is 32.2. The first-order chi connectivity index (χ1) is 4.50. The van der Waals surface area contributed by atoms with Gasteiger partial charge in [-0.05, 0) is 20.3 Å². The minimum Gasteiger partial charge on any atom is -0.229 e. The van der Waals surface area contributed by atoms with Crippen LogP contribution in [0.15, 0.2) is 0 Å². The second kappa shape index (κ2) is 3.96. The summed E-state index contributed by atoms with van der Waals surface area (Å²) in [6.07, 6.45) is 1.67. The molecule has 0 spiro atoms. The molecule has 0 saturated heterocycles. The summed E-state index contributed by atoms with van der Waals surface area (Å²) >= 11 is 0. The minimum absolute atomic E-state index is 0.286. The lowest BCUT2D eigenvalue weighted by atomic mass is 10.4. The Labute approximate surface area is 63.6 Å². The highest BCUT2D eigenvalue weighted by molar-refractivity contribution is 7.92. The van der Waals surface area contributed by atoms with Gasteiger partial charge in [-0.3, -0.25) is 0 Å². The molecule has 2 nitrogen and oxygen atoms in total. The summed E-state index contributed by atoms with van der Waals surface area (Å²) in [6, 6.07) is 0. The third-order valence-corrected chi connectivity index (χ3v) is 3.48. The molecule has 0 aliphatic carbocycles. The van der Waals surface area contributed by atoms with Crippen molar-refractivity contribution in [3.63, 3.8) is 0 Å². The first-order valence-corrected chi connectivity index (χ1v) is 5.27. The molecule has 0 aliphatic heterocycles. The summed E-state index contributed by atoms with van der Waals surface area (Å²) in [5, 5.41) is -0.459. The maximum Gasteiger partial charge on any atom is 0.152 e. The van der Waals surface area contributed by atoms with Crippen molar-refractivity contribution in [3.8, 4) is 0 Å². The normalized spacial score (nSPS) is 12.4. The molecule has 1 unspecified atom stereocenters. The Hall–Kier alpha value is -0.0500. The van der Waals surface area contributed by atoms with Gasteiger partial charge in [0.1, 0.15) is 0 Å². The van der Waals surface area contributed by atoms with Crippen molar-refractivity contribution in [2.24, 2.45) is 0 Å². The molecule has 10 heavy (non-hydrogen) atoms. The highest BCUT2D eigenvalue weighted by Gasteiger charge is 2.14. The minimum atomic E-state index is -2.87. The van der Waals surface area contributed by atoms with Gasteiger partial charge in [-0.1, -0.05) is 13.3 Å². The standard InChI is InChI=1S/C7H15O2S/c1-4-5-6-10(8,9)7(2)3/h7H,2,4-6H2,1,3H3. The van der Waals surface area contributed by atoms with Crippen LogP contribution in [0.5, 0.6) is 0 Å². The van der Waals surface area contributed by atoms with Gasteiger partial charge in [-0.25, -0.2) is 8.42 Å². The van der Waals surface area contributed by atoms with Crippen LogP contribution in [0.2, 0.25) is 0 Å². The molecule has 0 aromatic heterocycles. The van der Waals surface area contributed by atoms with E-state index in [4.69, 9.17) is 0 Å². The zero-order valence-electron chi connectivity index (χ0n) is 6.63. The van der Waals surface area contributed by atoms with Crippen LogP contribution in [-0.2, 0) is 9.84 Å². The third kappa shape index (κ3) is 3.20. The Morgan fingerprint density at radius 1 is 1.50 bits per heavy atom. The molecule has 0 fully saturated rings. The van der Waals surface area contributed by atoms with E-state index in [1.807, 2.05) is 6.92 Å². The quantitative estimate of drug-likeness (QED) is 0.628. The van der Waals surface area contributed by atoms with E-state index >= 15 is 0 Å². The van der Waals surface area contributed by atoms with E-state index in [2.05, 4.69) is 6.92 Å². The van der Waals surface area contributed by atoms with E-state index in [-0.39, 0.29) is 5.75 Å². The molecule has 1 atom stereocenters. The van der Waals surface area contributed by atoms with Gasteiger partial charge >= 0.3 is 0 Å². The molecule has 0 amide bonds. The first kappa shape index (κ1) is 9.95. The Morgan fingerprint density at radius 3 is 2.30 bits per heavy atom. The maximum atomic E-state index is 11.0. The van der Waals surface area contributed by atoms with E-state index < -0.39 is 15.1 Å². The predicted octanol–water partition coefficient (Wildman–Crippen LogP) is 1.42. The number of hydrogen-bond donors (Lipinski definition) is 0. The van der Waals surface area contributed by atoms with Gasteiger partial charge in [0.05, 0.1) is 11.0 Å².